The zero-order valence-electron chi connectivity index (χ0n) is 13.2. The molecule has 0 unspecified atom stereocenters. The van der Waals surface area contributed by atoms with E-state index >= 15 is 0 Å². The number of methoxy groups -OCH3 is 1. The van der Waals surface area contributed by atoms with E-state index in [1.165, 1.54) is 12.3 Å². The number of nitrogens with one attached hydrogen (secondary N) is 1. The minimum absolute atomic E-state index is 0.0577. The molecule has 6 heteroatoms. The average molecular weight is 316 g/mol. The summed E-state index contributed by atoms with van der Waals surface area (Å²) in [6.45, 7) is 2.93. The first-order chi connectivity index (χ1) is 11.2. The molecule has 0 fully saturated rings. The number of aromatic nitrogens is 1. The second kappa shape index (κ2) is 8.03. The summed E-state index contributed by atoms with van der Waals surface area (Å²) in [7, 11) is 1.57. The van der Waals surface area contributed by atoms with E-state index in [9.17, 15) is 10.0 Å². The van der Waals surface area contributed by atoms with Gasteiger partial charge in [-0.1, -0.05) is 13.0 Å². The van der Waals surface area contributed by atoms with Gasteiger partial charge in [0, 0.05) is 18.7 Å². The normalized spacial score (nSPS) is 10.2. The molecule has 0 aliphatic carbocycles. The summed E-state index contributed by atoms with van der Waals surface area (Å²) in [5.41, 5.74) is 0.912. The van der Waals surface area contributed by atoms with Crippen molar-refractivity contribution in [1.82, 2.24) is 5.32 Å². The highest BCUT2D eigenvalue weighted by Crippen LogP contribution is 2.28. The lowest BCUT2D eigenvalue weighted by Gasteiger charge is -2.12. The predicted octanol–water partition coefficient (Wildman–Crippen LogP) is 2.05. The second-order valence-electron chi connectivity index (χ2n) is 4.93. The molecule has 1 aromatic carbocycles. The first-order valence-corrected chi connectivity index (χ1v) is 7.41. The molecule has 23 heavy (non-hydrogen) atoms. The Bertz CT molecular complexity index is 673. The Kier molecular flexibility index (Phi) is 5.80. The van der Waals surface area contributed by atoms with Crippen LogP contribution in [0.5, 0.6) is 11.5 Å². The number of amides is 1. The van der Waals surface area contributed by atoms with Crippen LogP contribution in [-0.2, 0) is 6.54 Å². The third-order valence-corrected chi connectivity index (χ3v) is 3.20. The molecular formula is C17H20N2O4. The van der Waals surface area contributed by atoms with Crippen molar-refractivity contribution in [3.05, 3.63) is 59.1 Å². The zero-order valence-corrected chi connectivity index (χ0v) is 13.2. The number of pyridine rings is 1. The molecule has 0 aliphatic heterocycles. The first-order valence-electron chi connectivity index (χ1n) is 7.41. The van der Waals surface area contributed by atoms with Gasteiger partial charge in [-0.25, -0.2) is 0 Å². The molecule has 0 aliphatic rings. The SMILES string of the molecule is CCCOc1ccc(CNC(=O)c2cccc[n+]2[O-])cc1OC. The van der Waals surface area contributed by atoms with E-state index in [-0.39, 0.29) is 12.2 Å². The number of hydrogen-bond donors (Lipinski definition) is 1. The highest BCUT2D eigenvalue weighted by atomic mass is 16.5. The van der Waals surface area contributed by atoms with Crippen LogP contribution in [0.3, 0.4) is 0 Å². The molecule has 0 saturated carbocycles. The molecule has 0 saturated heterocycles. The van der Waals surface area contributed by atoms with E-state index in [1.54, 1.807) is 19.2 Å². The molecule has 6 nitrogen and oxygen atoms in total. The van der Waals surface area contributed by atoms with Crippen molar-refractivity contribution in [3.8, 4) is 11.5 Å². The van der Waals surface area contributed by atoms with Crippen LogP contribution in [0.1, 0.15) is 29.4 Å². The fraction of sp³-hybridized carbons (Fsp3) is 0.294. The summed E-state index contributed by atoms with van der Waals surface area (Å²) < 4.78 is 11.4. The predicted molar refractivity (Wildman–Crippen MR) is 85.4 cm³/mol. The van der Waals surface area contributed by atoms with Gasteiger partial charge >= 0.3 is 5.91 Å². The number of benzene rings is 1. The summed E-state index contributed by atoms with van der Waals surface area (Å²) in [5.74, 6) is 0.861. The second-order valence-corrected chi connectivity index (χ2v) is 4.93. The van der Waals surface area contributed by atoms with Gasteiger partial charge in [0.2, 0.25) is 0 Å². The van der Waals surface area contributed by atoms with Crippen LogP contribution in [-0.4, -0.2) is 19.6 Å². The molecule has 1 heterocycles. The monoisotopic (exact) mass is 316 g/mol. The van der Waals surface area contributed by atoms with Crippen molar-refractivity contribution < 1.29 is 19.0 Å². The number of carbonyl (C=O) groups is 1. The summed E-state index contributed by atoms with van der Waals surface area (Å²) >= 11 is 0. The third kappa shape index (κ3) is 4.35. The Balaban J connectivity index is 2.03. The Morgan fingerprint density at radius 2 is 2.09 bits per heavy atom. The van der Waals surface area contributed by atoms with Crippen molar-refractivity contribution in [2.75, 3.05) is 13.7 Å². The van der Waals surface area contributed by atoms with Crippen LogP contribution in [0.25, 0.3) is 0 Å². The Hall–Kier alpha value is -2.76. The van der Waals surface area contributed by atoms with Gasteiger partial charge in [-0.3, -0.25) is 4.79 Å². The lowest BCUT2D eigenvalue weighted by Crippen LogP contribution is -2.38. The number of rotatable bonds is 7. The minimum atomic E-state index is -0.425. The van der Waals surface area contributed by atoms with Crippen molar-refractivity contribution in [2.24, 2.45) is 0 Å². The number of nitrogens with zero attached hydrogens (tertiary/aromatic N) is 1. The van der Waals surface area contributed by atoms with Gasteiger partial charge in [-0.2, -0.15) is 4.73 Å². The summed E-state index contributed by atoms with van der Waals surface area (Å²) in [5, 5.41) is 14.3. The van der Waals surface area contributed by atoms with E-state index in [1.807, 2.05) is 25.1 Å². The third-order valence-electron chi connectivity index (χ3n) is 3.20. The highest BCUT2D eigenvalue weighted by molar-refractivity contribution is 5.90. The summed E-state index contributed by atoms with van der Waals surface area (Å²) in [6.07, 6.45) is 2.20. The molecule has 1 N–H and O–H groups in total. The van der Waals surface area contributed by atoms with E-state index in [2.05, 4.69) is 5.32 Å². The molecule has 0 radical (unpaired) electrons. The Morgan fingerprint density at radius 3 is 2.78 bits per heavy atom. The Labute approximate surface area is 135 Å². The molecule has 1 aromatic heterocycles. The van der Waals surface area contributed by atoms with Gasteiger partial charge in [0.1, 0.15) is 0 Å². The van der Waals surface area contributed by atoms with Crippen molar-refractivity contribution in [1.29, 1.82) is 0 Å². The largest absolute Gasteiger partial charge is 0.618 e. The van der Waals surface area contributed by atoms with E-state index in [4.69, 9.17) is 9.47 Å². The fourth-order valence-electron chi connectivity index (χ4n) is 2.03. The van der Waals surface area contributed by atoms with Crippen molar-refractivity contribution >= 4 is 5.91 Å². The van der Waals surface area contributed by atoms with Gasteiger partial charge in [-0.05, 0) is 30.2 Å². The van der Waals surface area contributed by atoms with Crippen molar-refractivity contribution in [3.63, 3.8) is 0 Å². The maximum atomic E-state index is 12.0. The van der Waals surface area contributed by atoms with Crippen LogP contribution in [0.4, 0.5) is 0 Å². The molecule has 122 valence electrons. The first kappa shape index (κ1) is 16.6. The maximum absolute atomic E-state index is 12.0. The molecule has 0 atom stereocenters. The Morgan fingerprint density at radius 1 is 1.26 bits per heavy atom. The van der Waals surface area contributed by atoms with Crippen LogP contribution in [0.15, 0.2) is 42.6 Å². The van der Waals surface area contributed by atoms with Crippen LogP contribution < -0.4 is 19.5 Å². The standard InChI is InChI=1S/C17H20N2O4/c1-3-10-23-15-8-7-13(11-16(15)22-2)12-18-17(20)14-6-4-5-9-19(14)21/h4-9,11H,3,10,12H2,1-2H3,(H,18,20). The number of carbonyl (C=O) groups excluding carboxylic acids is 1. The average Bonchev–Trinajstić information content (AvgIpc) is 2.58. The molecule has 2 aromatic rings. The van der Waals surface area contributed by atoms with Gasteiger partial charge in [0.15, 0.2) is 17.7 Å². The minimum Gasteiger partial charge on any atom is -0.618 e. The smallest absolute Gasteiger partial charge is 0.317 e. The molecular weight excluding hydrogens is 296 g/mol. The number of hydrogen-bond acceptors (Lipinski definition) is 4. The summed E-state index contributed by atoms with van der Waals surface area (Å²) in [6, 6.07) is 10.2. The van der Waals surface area contributed by atoms with E-state index in [0.717, 1.165) is 12.0 Å². The molecule has 0 bridgehead atoms. The molecule has 2 rings (SSSR count). The fourth-order valence-corrected chi connectivity index (χ4v) is 2.03. The van der Waals surface area contributed by atoms with Gasteiger partial charge in [-0.15, -0.1) is 0 Å². The van der Waals surface area contributed by atoms with E-state index in [0.29, 0.717) is 22.8 Å². The lowest BCUT2D eigenvalue weighted by molar-refractivity contribution is -0.607. The zero-order chi connectivity index (χ0) is 16.7. The van der Waals surface area contributed by atoms with Crippen molar-refractivity contribution in [2.45, 2.75) is 19.9 Å². The van der Waals surface area contributed by atoms with Gasteiger partial charge < -0.3 is 20.0 Å². The number of ether oxygens (including phenoxy) is 2. The van der Waals surface area contributed by atoms with Crippen LogP contribution in [0, 0.1) is 5.21 Å². The topological polar surface area (TPSA) is 74.5 Å². The van der Waals surface area contributed by atoms with Crippen LogP contribution >= 0.6 is 0 Å². The van der Waals surface area contributed by atoms with Gasteiger partial charge in [0.05, 0.1) is 13.7 Å². The van der Waals surface area contributed by atoms with Crippen LogP contribution in [0.2, 0.25) is 0 Å². The maximum Gasteiger partial charge on any atom is 0.317 e. The van der Waals surface area contributed by atoms with E-state index < -0.39 is 5.91 Å². The highest BCUT2D eigenvalue weighted by Gasteiger charge is 2.14. The summed E-state index contributed by atoms with van der Waals surface area (Å²) in [4.78, 5) is 12.0. The van der Waals surface area contributed by atoms with Gasteiger partial charge in [0.25, 0.3) is 5.69 Å². The molecule has 0 spiro atoms. The quantitative estimate of drug-likeness (QED) is 0.626. The molecule has 1 amide bonds. The lowest BCUT2D eigenvalue weighted by atomic mass is 10.2.